The zero-order chi connectivity index (χ0) is 19.5. The molecule has 1 N–H and O–H groups in total. The second-order valence-corrected chi connectivity index (χ2v) is 5.87. The molecule has 8 nitrogen and oxygen atoms in total. The number of anilines is 2. The Morgan fingerprint density at radius 3 is 2.36 bits per heavy atom. The monoisotopic (exact) mass is 381 g/mol. The molecule has 1 aliphatic heterocycles. The van der Waals surface area contributed by atoms with Crippen molar-refractivity contribution in [2.75, 3.05) is 33.4 Å². The van der Waals surface area contributed by atoms with Gasteiger partial charge < -0.3 is 29.0 Å². The van der Waals surface area contributed by atoms with Crippen LogP contribution in [0.25, 0.3) is 11.4 Å². The topological polar surface area (TPSA) is 84.0 Å². The predicted molar refractivity (Wildman–Crippen MR) is 103 cm³/mol. The third kappa shape index (κ3) is 3.32. The first-order valence-corrected chi connectivity index (χ1v) is 8.52. The molecule has 0 spiro atoms. The van der Waals surface area contributed by atoms with Crippen molar-refractivity contribution in [2.45, 2.75) is 0 Å². The summed E-state index contributed by atoms with van der Waals surface area (Å²) in [6.07, 6.45) is 1.69. The molecule has 0 unspecified atom stereocenters. The van der Waals surface area contributed by atoms with Crippen LogP contribution in [0.4, 0.5) is 11.5 Å². The van der Waals surface area contributed by atoms with Crippen LogP contribution in [0, 0.1) is 0 Å². The maximum absolute atomic E-state index is 5.43. The maximum atomic E-state index is 5.43. The van der Waals surface area contributed by atoms with Crippen LogP contribution in [0.5, 0.6) is 28.7 Å². The average Bonchev–Trinajstić information content (AvgIpc) is 3.21. The number of nitrogens with one attached hydrogen (secondary N) is 1. The van der Waals surface area contributed by atoms with Gasteiger partial charge in [0.05, 0.1) is 21.3 Å². The van der Waals surface area contributed by atoms with Crippen LogP contribution in [-0.4, -0.2) is 38.1 Å². The van der Waals surface area contributed by atoms with Crippen molar-refractivity contribution < 1.29 is 23.7 Å². The average molecular weight is 381 g/mol. The zero-order valence-corrected chi connectivity index (χ0v) is 15.7. The van der Waals surface area contributed by atoms with Crippen molar-refractivity contribution in [1.82, 2.24) is 9.97 Å². The van der Waals surface area contributed by atoms with E-state index in [2.05, 4.69) is 15.3 Å². The van der Waals surface area contributed by atoms with Crippen LogP contribution in [0.15, 0.2) is 42.6 Å². The van der Waals surface area contributed by atoms with Gasteiger partial charge in [0.2, 0.25) is 12.5 Å². The van der Waals surface area contributed by atoms with Gasteiger partial charge in [0, 0.05) is 29.6 Å². The molecule has 0 fully saturated rings. The van der Waals surface area contributed by atoms with Gasteiger partial charge in [-0.05, 0) is 24.3 Å². The fraction of sp³-hybridized carbons (Fsp3) is 0.200. The Morgan fingerprint density at radius 2 is 1.64 bits per heavy atom. The molecule has 3 aromatic rings. The van der Waals surface area contributed by atoms with Crippen LogP contribution >= 0.6 is 0 Å². The highest BCUT2D eigenvalue weighted by atomic mass is 16.7. The Morgan fingerprint density at radius 1 is 0.893 bits per heavy atom. The van der Waals surface area contributed by atoms with Gasteiger partial charge in [0.15, 0.2) is 28.8 Å². The summed E-state index contributed by atoms with van der Waals surface area (Å²) in [5.74, 6) is 4.22. The fourth-order valence-corrected chi connectivity index (χ4v) is 2.90. The van der Waals surface area contributed by atoms with Gasteiger partial charge in [0.25, 0.3) is 0 Å². The summed E-state index contributed by atoms with van der Waals surface area (Å²) in [7, 11) is 4.71. The molecule has 2 heterocycles. The van der Waals surface area contributed by atoms with Gasteiger partial charge in [0.1, 0.15) is 5.82 Å². The van der Waals surface area contributed by atoms with Gasteiger partial charge in [-0.1, -0.05) is 0 Å². The standard InChI is InChI=1S/C20H19N3O5/c1-24-16-9-13(10-17(25-2)19(16)26-3)22-18-6-7-21-20(23-18)12-4-5-14-15(8-12)28-11-27-14/h4-10H,11H2,1-3H3,(H,21,22,23). The molecule has 0 saturated heterocycles. The first-order chi connectivity index (χ1) is 13.7. The molecule has 0 aliphatic carbocycles. The van der Waals surface area contributed by atoms with Gasteiger partial charge in [-0.2, -0.15) is 0 Å². The number of methoxy groups -OCH3 is 3. The summed E-state index contributed by atoms with van der Waals surface area (Å²) < 4.78 is 26.9. The quantitative estimate of drug-likeness (QED) is 0.693. The van der Waals surface area contributed by atoms with Crippen molar-refractivity contribution in [3.8, 4) is 40.1 Å². The Kier molecular flexibility index (Phi) is 4.76. The Hall–Kier alpha value is -3.68. The number of benzene rings is 2. The second-order valence-electron chi connectivity index (χ2n) is 5.87. The maximum Gasteiger partial charge on any atom is 0.231 e. The minimum Gasteiger partial charge on any atom is -0.493 e. The van der Waals surface area contributed by atoms with E-state index >= 15 is 0 Å². The largest absolute Gasteiger partial charge is 0.493 e. The first kappa shape index (κ1) is 17.7. The molecule has 0 radical (unpaired) electrons. The molecule has 0 bridgehead atoms. The van der Waals surface area contributed by atoms with Crippen LogP contribution in [0.2, 0.25) is 0 Å². The second kappa shape index (κ2) is 7.51. The van der Waals surface area contributed by atoms with Crippen LogP contribution in [-0.2, 0) is 0 Å². The number of hydrogen-bond donors (Lipinski definition) is 1. The molecule has 8 heteroatoms. The van der Waals surface area contributed by atoms with E-state index in [9.17, 15) is 0 Å². The van der Waals surface area contributed by atoms with E-state index in [1.54, 1.807) is 33.6 Å². The van der Waals surface area contributed by atoms with Crippen LogP contribution < -0.4 is 29.0 Å². The van der Waals surface area contributed by atoms with Gasteiger partial charge in [-0.15, -0.1) is 0 Å². The normalized spacial score (nSPS) is 11.8. The zero-order valence-electron chi connectivity index (χ0n) is 15.7. The van der Waals surface area contributed by atoms with Gasteiger partial charge >= 0.3 is 0 Å². The van der Waals surface area contributed by atoms with Gasteiger partial charge in [-0.25, -0.2) is 9.97 Å². The lowest BCUT2D eigenvalue weighted by Gasteiger charge is -2.15. The van der Waals surface area contributed by atoms with Crippen molar-refractivity contribution in [3.05, 3.63) is 42.6 Å². The Bertz CT molecular complexity index is 984. The highest BCUT2D eigenvalue weighted by Crippen LogP contribution is 2.40. The number of hydrogen-bond acceptors (Lipinski definition) is 8. The van der Waals surface area contributed by atoms with Crippen molar-refractivity contribution >= 4 is 11.5 Å². The van der Waals surface area contributed by atoms with Gasteiger partial charge in [-0.3, -0.25) is 0 Å². The van der Waals surface area contributed by atoms with Crippen molar-refractivity contribution in [3.63, 3.8) is 0 Å². The lowest BCUT2D eigenvalue weighted by atomic mass is 10.2. The highest BCUT2D eigenvalue weighted by molar-refractivity contribution is 5.68. The number of ether oxygens (including phenoxy) is 5. The lowest BCUT2D eigenvalue weighted by Crippen LogP contribution is -2.00. The molecule has 1 aliphatic rings. The van der Waals surface area contributed by atoms with E-state index in [1.807, 2.05) is 30.3 Å². The fourth-order valence-electron chi connectivity index (χ4n) is 2.90. The summed E-state index contributed by atoms with van der Waals surface area (Å²) in [4.78, 5) is 8.94. The van der Waals surface area contributed by atoms with Crippen molar-refractivity contribution in [1.29, 1.82) is 0 Å². The molecule has 28 heavy (non-hydrogen) atoms. The Balaban J connectivity index is 1.64. The number of aromatic nitrogens is 2. The SMILES string of the molecule is COc1cc(Nc2ccnc(-c3ccc4c(c3)OCO4)n2)cc(OC)c1OC. The van der Waals surface area contributed by atoms with E-state index in [-0.39, 0.29) is 6.79 Å². The lowest BCUT2D eigenvalue weighted by molar-refractivity contribution is 0.174. The van der Waals surface area contributed by atoms with E-state index < -0.39 is 0 Å². The molecular weight excluding hydrogens is 362 g/mol. The number of rotatable bonds is 6. The minimum absolute atomic E-state index is 0.225. The molecule has 0 saturated carbocycles. The molecule has 2 aromatic carbocycles. The molecule has 4 rings (SSSR count). The van der Waals surface area contributed by atoms with Crippen LogP contribution in [0.1, 0.15) is 0 Å². The number of nitrogens with zero attached hydrogens (tertiary/aromatic N) is 2. The Labute approximate surface area is 162 Å². The van der Waals surface area contributed by atoms with E-state index in [4.69, 9.17) is 23.7 Å². The van der Waals surface area contributed by atoms with Crippen molar-refractivity contribution in [2.24, 2.45) is 0 Å². The summed E-state index contributed by atoms with van der Waals surface area (Å²) >= 11 is 0. The third-order valence-corrected chi connectivity index (χ3v) is 4.22. The van der Waals surface area contributed by atoms with E-state index in [0.717, 1.165) is 17.0 Å². The van der Waals surface area contributed by atoms with E-state index in [0.29, 0.717) is 34.6 Å². The van der Waals surface area contributed by atoms with Crippen LogP contribution in [0.3, 0.4) is 0 Å². The molecule has 144 valence electrons. The highest BCUT2D eigenvalue weighted by Gasteiger charge is 2.16. The summed E-state index contributed by atoms with van der Waals surface area (Å²) in [5.41, 5.74) is 1.57. The molecule has 1 aromatic heterocycles. The molecule has 0 amide bonds. The molecule has 0 atom stereocenters. The minimum atomic E-state index is 0.225. The smallest absolute Gasteiger partial charge is 0.231 e. The van der Waals surface area contributed by atoms with E-state index in [1.165, 1.54) is 0 Å². The summed E-state index contributed by atoms with van der Waals surface area (Å²) in [6, 6.07) is 11.0. The summed E-state index contributed by atoms with van der Waals surface area (Å²) in [6.45, 7) is 0.225. The molecular formula is C20H19N3O5. The first-order valence-electron chi connectivity index (χ1n) is 8.52. The number of fused-ring (bicyclic) bond motifs is 1. The predicted octanol–water partition coefficient (Wildman–Crippen LogP) is 3.64. The summed E-state index contributed by atoms with van der Waals surface area (Å²) in [5, 5.41) is 3.24. The third-order valence-electron chi connectivity index (χ3n) is 4.22.